The number of hydrogen-bond acceptors (Lipinski definition) is 2. The summed E-state index contributed by atoms with van der Waals surface area (Å²) in [6.07, 6.45) is 20.2. The van der Waals surface area contributed by atoms with Crippen LogP contribution in [0.5, 0.6) is 0 Å². The van der Waals surface area contributed by atoms with Crippen LogP contribution in [0, 0.1) is 59.2 Å². The highest BCUT2D eigenvalue weighted by molar-refractivity contribution is 4.79. The van der Waals surface area contributed by atoms with Gasteiger partial charge in [0.15, 0.2) is 5.79 Å². The van der Waals surface area contributed by atoms with E-state index in [9.17, 15) is 0 Å². The lowest BCUT2D eigenvalue weighted by Gasteiger charge is -2.35. The van der Waals surface area contributed by atoms with Crippen molar-refractivity contribution in [3.8, 4) is 0 Å². The van der Waals surface area contributed by atoms with Crippen molar-refractivity contribution in [2.75, 3.05) is 0 Å². The molecule has 4 fully saturated rings. The smallest absolute Gasteiger partial charge is 0.163 e. The fourth-order valence-corrected chi connectivity index (χ4v) is 6.32. The maximum atomic E-state index is 5.68. The summed E-state index contributed by atoms with van der Waals surface area (Å²) in [4.78, 5) is 0. The number of ether oxygens (including phenoxy) is 2. The topological polar surface area (TPSA) is 18.5 Å². The minimum Gasteiger partial charge on any atom is -0.345 e. The summed E-state index contributed by atoms with van der Waals surface area (Å²) in [5.41, 5.74) is 0. The minimum atomic E-state index is -0.360. The summed E-state index contributed by atoms with van der Waals surface area (Å²) in [6, 6.07) is 0. The fraction of sp³-hybridized carbons (Fsp3) is 1.00. The van der Waals surface area contributed by atoms with Crippen molar-refractivity contribution in [3.63, 3.8) is 0 Å². The second-order valence-electron chi connectivity index (χ2n) is 18.1. The molecular formula is C46H98O2. The molecule has 1 saturated heterocycles. The van der Waals surface area contributed by atoms with E-state index in [2.05, 4.69) is 111 Å². The van der Waals surface area contributed by atoms with E-state index in [1.807, 2.05) is 13.8 Å². The van der Waals surface area contributed by atoms with Crippen LogP contribution in [-0.2, 0) is 9.47 Å². The molecule has 3 saturated carbocycles. The standard InChI is InChI=1S/C9H18O2.2C8H16.C8H18.C6H12.C6H14.CH4/c1-5-7-8(6-2)11-9(3,4)10-7;1-7-5-3-4-6-8(7)2;1-3-7-5-6-8(7)4-2;1-7(2)5-6-8(3)4;1-5-3-4-6(5)2;1-5(2)6(3)4;/h7-8H,5-6H2,1-4H3;2*7-8H,3-6H2,1-2H3;7-8H,5-6H2,1-4H3;5-6H,3-4H2,1-2H3;5-6H,1-4H3;1H4/t3*7-,8-;;5-,6-;;/m011.1../s1. The molecule has 48 heavy (non-hydrogen) atoms. The highest BCUT2D eigenvalue weighted by Gasteiger charge is 2.38. The molecule has 2 heteroatoms. The number of hydrogen-bond donors (Lipinski definition) is 0. The Morgan fingerprint density at radius 3 is 0.917 bits per heavy atom. The largest absolute Gasteiger partial charge is 0.345 e. The third-order valence-corrected chi connectivity index (χ3v) is 12.0. The Labute approximate surface area is 307 Å². The molecule has 4 aliphatic rings. The first kappa shape index (κ1) is 52.3. The van der Waals surface area contributed by atoms with Gasteiger partial charge >= 0.3 is 0 Å². The Morgan fingerprint density at radius 2 is 0.771 bits per heavy atom. The third kappa shape index (κ3) is 25.8. The summed E-state index contributed by atoms with van der Waals surface area (Å²) in [5.74, 6) is 9.38. The Hall–Kier alpha value is -0.0800. The first-order chi connectivity index (χ1) is 21.8. The molecule has 0 aromatic heterocycles. The summed E-state index contributed by atoms with van der Waals surface area (Å²) in [5, 5.41) is 0. The van der Waals surface area contributed by atoms with Gasteiger partial charge in [-0.25, -0.2) is 0 Å². The normalized spacial score (nSPS) is 29.9. The SMILES string of the molecule is C.CC(C)C(C)C.CC(C)CCC(C)C.CC[C@@H]1CC[C@H]1CC.CC[C@@H]1OC(C)(C)O[C@H]1CC.C[C@@H]1CCCC[C@H]1C.C[C@@H]1CC[C@H]1C. The molecule has 0 N–H and O–H groups in total. The third-order valence-electron chi connectivity index (χ3n) is 12.0. The van der Waals surface area contributed by atoms with Crippen LogP contribution in [0.2, 0.25) is 0 Å². The van der Waals surface area contributed by atoms with Crippen molar-refractivity contribution in [3.05, 3.63) is 0 Å². The zero-order chi connectivity index (χ0) is 36.7. The Bertz CT molecular complexity index is 614. The van der Waals surface area contributed by atoms with Gasteiger partial charge in [-0.05, 0) is 98.7 Å². The molecule has 0 aromatic rings. The van der Waals surface area contributed by atoms with Crippen molar-refractivity contribution < 1.29 is 9.47 Å². The summed E-state index contributed by atoms with van der Waals surface area (Å²) >= 11 is 0. The number of rotatable bonds is 8. The average Bonchev–Trinajstić information content (AvgIpc) is 3.31. The van der Waals surface area contributed by atoms with E-state index in [-0.39, 0.29) is 13.2 Å². The second-order valence-corrected chi connectivity index (χ2v) is 18.1. The summed E-state index contributed by atoms with van der Waals surface area (Å²) in [6.45, 7) is 40.3. The molecule has 0 spiro atoms. The van der Waals surface area contributed by atoms with Crippen molar-refractivity contribution in [1.29, 1.82) is 0 Å². The molecule has 0 unspecified atom stereocenters. The molecule has 0 aromatic carbocycles. The van der Waals surface area contributed by atoms with Crippen LogP contribution in [-0.4, -0.2) is 18.0 Å². The van der Waals surface area contributed by atoms with Crippen molar-refractivity contribution in [2.24, 2.45) is 59.2 Å². The summed E-state index contributed by atoms with van der Waals surface area (Å²) < 4.78 is 11.4. The van der Waals surface area contributed by atoms with Gasteiger partial charge in [0.1, 0.15) is 0 Å². The van der Waals surface area contributed by atoms with Crippen LogP contribution >= 0.6 is 0 Å². The molecule has 0 radical (unpaired) electrons. The Balaban J connectivity index is -0.000000510. The lowest BCUT2D eigenvalue weighted by atomic mass is 9.71. The van der Waals surface area contributed by atoms with Gasteiger partial charge in [0, 0.05) is 0 Å². The van der Waals surface area contributed by atoms with Crippen LogP contribution < -0.4 is 0 Å². The Kier molecular flexibility index (Phi) is 32.1. The van der Waals surface area contributed by atoms with Gasteiger partial charge < -0.3 is 9.47 Å². The molecule has 2 nitrogen and oxygen atoms in total. The predicted molar refractivity (Wildman–Crippen MR) is 221 cm³/mol. The molecule has 1 heterocycles. The van der Waals surface area contributed by atoms with Gasteiger partial charge in [0.25, 0.3) is 0 Å². The van der Waals surface area contributed by atoms with Crippen LogP contribution in [0.4, 0.5) is 0 Å². The van der Waals surface area contributed by atoms with Crippen LogP contribution in [0.1, 0.15) is 222 Å². The average molecular weight is 683 g/mol. The van der Waals surface area contributed by atoms with E-state index in [1.54, 1.807) is 0 Å². The quantitative estimate of drug-likeness (QED) is 0.254. The van der Waals surface area contributed by atoms with E-state index < -0.39 is 0 Å². The molecule has 1 aliphatic heterocycles. The monoisotopic (exact) mass is 683 g/mol. The maximum Gasteiger partial charge on any atom is 0.163 e. The molecule has 0 bridgehead atoms. The lowest BCUT2D eigenvalue weighted by Crippen LogP contribution is -2.23. The molecule has 294 valence electrons. The second kappa shape index (κ2) is 29.5. The molecule has 3 aliphatic carbocycles. The van der Waals surface area contributed by atoms with Crippen LogP contribution in [0.25, 0.3) is 0 Å². The van der Waals surface area contributed by atoms with E-state index in [4.69, 9.17) is 9.47 Å². The van der Waals surface area contributed by atoms with Crippen molar-refractivity contribution >= 4 is 0 Å². The summed E-state index contributed by atoms with van der Waals surface area (Å²) in [7, 11) is 0. The molecular weight excluding hydrogens is 585 g/mol. The van der Waals surface area contributed by atoms with Gasteiger partial charge in [-0.3, -0.25) is 0 Å². The lowest BCUT2D eigenvalue weighted by molar-refractivity contribution is -0.146. The molecule has 4 rings (SSSR count). The van der Waals surface area contributed by atoms with Gasteiger partial charge in [-0.2, -0.15) is 0 Å². The predicted octanol–water partition coefficient (Wildman–Crippen LogP) is 16.1. The van der Waals surface area contributed by atoms with Gasteiger partial charge in [-0.1, -0.05) is 182 Å². The van der Waals surface area contributed by atoms with E-state index in [0.717, 1.165) is 72.0 Å². The molecule has 8 atom stereocenters. The van der Waals surface area contributed by atoms with Crippen LogP contribution in [0.15, 0.2) is 0 Å². The van der Waals surface area contributed by atoms with E-state index in [0.29, 0.717) is 12.2 Å². The van der Waals surface area contributed by atoms with Crippen molar-refractivity contribution in [1.82, 2.24) is 0 Å². The first-order valence-electron chi connectivity index (χ1n) is 21.2. The Morgan fingerprint density at radius 1 is 0.479 bits per heavy atom. The van der Waals surface area contributed by atoms with Crippen molar-refractivity contribution in [2.45, 2.75) is 240 Å². The van der Waals surface area contributed by atoms with E-state index >= 15 is 0 Å². The zero-order valence-corrected chi connectivity index (χ0v) is 36.1. The minimum absolute atomic E-state index is 0. The maximum absolute atomic E-state index is 5.68. The van der Waals surface area contributed by atoms with Gasteiger partial charge in [0.05, 0.1) is 12.2 Å². The fourth-order valence-electron chi connectivity index (χ4n) is 6.32. The first-order valence-corrected chi connectivity index (χ1v) is 21.2. The molecule has 0 amide bonds. The van der Waals surface area contributed by atoms with Crippen LogP contribution in [0.3, 0.4) is 0 Å². The highest BCUT2D eigenvalue weighted by atomic mass is 16.7. The van der Waals surface area contributed by atoms with Gasteiger partial charge in [-0.15, -0.1) is 0 Å². The van der Waals surface area contributed by atoms with Gasteiger partial charge in [0.2, 0.25) is 0 Å². The highest BCUT2D eigenvalue weighted by Crippen LogP contribution is 2.38. The van der Waals surface area contributed by atoms with E-state index in [1.165, 1.54) is 77.0 Å². The zero-order valence-electron chi connectivity index (χ0n) is 36.1.